The maximum absolute atomic E-state index is 13.5. The van der Waals surface area contributed by atoms with Gasteiger partial charge in [-0.25, -0.2) is 0 Å². The van der Waals surface area contributed by atoms with Crippen molar-refractivity contribution >= 4 is 46.6 Å². The van der Waals surface area contributed by atoms with E-state index in [1.165, 1.54) is 17.8 Å². The smallest absolute Gasteiger partial charge is 0.326 e. The third-order valence-corrected chi connectivity index (χ3v) is 6.54. The molecule has 0 heterocycles. The first-order valence-electron chi connectivity index (χ1n) is 11.0. The van der Waals surface area contributed by atoms with Gasteiger partial charge in [0.1, 0.15) is 5.25 Å². The molecule has 0 aliphatic carbocycles. The van der Waals surface area contributed by atoms with Gasteiger partial charge in [0.2, 0.25) is 11.8 Å². The molecule has 1 atom stereocenters. The number of thioether (sulfide) groups is 1. The van der Waals surface area contributed by atoms with Crippen LogP contribution >= 0.6 is 23.4 Å². The summed E-state index contributed by atoms with van der Waals surface area (Å²) in [5.41, 5.74) is -0.112. The Morgan fingerprint density at radius 1 is 0.971 bits per heavy atom. The number of benzene rings is 3. The molecule has 184 valence electrons. The van der Waals surface area contributed by atoms with Crippen LogP contribution in [0.5, 0.6) is 0 Å². The number of unbranched alkanes of at least 4 members (excludes halogenated alkanes) is 1. The number of hydrogen-bond donors (Lipinski definition) is 2. The lowest BCUT2D eigenvalue weighted by molar-refractivity contribution is -0.137. The summed E-state index contributed by atoms with van der Waals surface area (Å²) < 4.78 is 40.5. The quantitative estimate of drug-likeness (QED) is 0.281. The predicted molar refractivity (Wildman–Crippen MR) is 135 cm³/mol. The number of rotatable bonds is 9. The van der Waals surface area contributed by atoms with Crippen molar-refractivity contribution in [2.75, 3.05) is 10.6 Å². The Balaban J connectivity index is 1.81. The van der Waals surface area contributed by atoms with Gasteiger partial charge >= 0.3 is 6.18 Å². The molecule has 3 aromatic rings. The zero-order chi connectivity index (χ0) is 25.4. The van der Waals surface area contributed by atoms with E-state index in [9.17, 15) is 22.8 Å². The van der Waals surface area contributed by atoms with Crippen LogP contribution in [0.3, 0.4) is 0 Å². The molecule has 0 saturated heterocycles. The van der Waals surface area contributed by atoms with Crippen LogP contribution in [0, 0.1) is 0 Å². The number of carbonyl (C=O) groups is 2. The molecule has 0 aromatic heterocycles. The van der Waals surface area contributed by atoms with E-state index in [0.717, 1.165) is 25.0 Å². The summed E-state index contributed by atoms with van der Waals surface area (Å²) in [6.07, 6.45) is -2.52. The van der Waals surface area contributed by atoms with Crippen molar-refractivity contribution in [2.24, 2.45) is 0 Å². The third-order valence-electron chi connectivity index (χ3n) is 5.03. The maximum atomic E-state index is 13.5. The van der Waals surface area contributed by atoms with E-state index in [0.29, 0.717) is 22.6 Å². The molecular formula is C26H24ClF3N2O2S. The minimum atomic E-state index is -4.68. The fourth-order valence-electron chi connectivity index (χ4n) is 3.27. The predicted octanol–water partition coefficient (Wildman–Crippen LogP) is 7.96. The van der Waals surface area contributed by atoms with E-state index in [1.807, 2.05) is 6.92 Å². The molecule has 3 aromatic carbocycles. The first-order chi connectivity index (χ1) is 16.7. The zero-order valence-electron chi connectivity index (χ0n) is 18.9. The summed E-state index contributed by atoms with van der Waals surface area (Å²) in [6, 6.07) is 19.0. The molecule has 9 heteroatoms. The van der Waals surface area contributed by atoms with Gasteiger partial charge in [-0.3, -0.25) is 9.59 Å². The molecule has 0 spiro atoms. The normalized spacial score (nSPS) is 12.1. The van der Waals surface area contributed by atoms with E-state index in [1.54, 1.807) is 54.6 Å². The number of nitrogens with one attached hydrogen (secondary N) is 2. The molecule has 0 fully saturated rings. The van der Waals surface area contributed by atoms with E-state index in [-0.39, 0.29) is 16.6 Å². The van der Waals surface area contributed by atoms with Gasteiger partial charge < -0.3 is 10.6 Å². The van der Waals surface area contributed by atoms with Crippen molar-refractivity contribution < 1.29 is 22.8 Å². The summed E-state index contributed by atoms with van der Waals surface area (Å²) in [7, 11) is 0. The van der Waals surface area contributed by atoms with Crippen molar-refractivity contribution in [3.05, 3.63) is 88.9 Å². The summed E-state index contributed by atoms with van der Waals surface area (Å²) in [5.74, 6) is -0.678. The van der Waals surface area contributed by atoms with Gasteiger partial charge in [-0.1, -0.05) is 55.3 Å². The Morgan fingerprint density at radius 3 is 2.29 bits per heavy atom. The Labute approximate surface area is 211 Å². The number of hydrogen-bond acceptors (Lipinski definition) is 3. The third kappa shape index (κ3) is 7.77. The fraction of sp³-hybridized carbons (Fsp3) is 0.231. The van der Waals surface area contributed by atoms with Crippen LogP contribution in [0.15, 0.2) is 77.7 Å². The van der Waals surface area contributed by atoms with Crippen LogP contribution in [0.2, 0.25) is 5.02 Å². The van der Waals surface area contributed by atoms with Gasteiger partial charge in [-0.05, 0) is 54.4 Å². The Morgan fingerprint density at radius 2 is 1.66 bits per heavy atom. The van der Waals surface area contributed by atoms with Crippen molar-refractivity contribution in [1.29, 1.82) is 0 Å². The Bertz CT molecular complexity index is 1160. The SMILES string of the molecule is CCCCC(=O)Nc1ccc(SC(C(=O)Nc2ccc(Cl)cc2C(F)(F)F)c2ccccc2)cc1. The number of anilines is 2. The van der Waals surface area contributed by atoms with Gasteiger partial charge in [0, 0.05) is 22.0 Å². The molecule has 0 aliphatic heterocycles. The number of alkyl halides is 3. The fourth-order valence-corrected chi connectivity index (χ4v) is 4.47. The van der Waals surface area contributed by atoms with Gasteiger partial charge in [-0.15, -0.1) is 11.8 Å². The first kappa shape index (κ1) is 26.6. The summed E-state index contributed by atoms with van der Waals surface area (Å²) in [6.45, 7) is 2.01. The second kappa shape index (κ2) is 12.1. The van der Waals surface area contributed by atoms with Crippen molar-refractivity contribution in [3.63, 3.8) is 0 Å². The molecule has 0 bridgehead atoms. The highest BCUT2D eigenvalue weighted by atomic mass is 35.5. The molecule has 4 nitrogen and oxygen atoms in total. The van der Waals surface area contributed by atoms with Crippen LogP contribution in [-0.4, -0.2) is 11.8 Å². The first-order valence-corrected chi connectivity index (χ1v) is 12.2. The van der Waals surface area contributed by atoms with Gasteiger partial charge in [0.25, 0.3) is 0 Å². The van der Waals surface area contributed by atoms with Gasteiger partial charge in [-0.2, -0.15) is 13.2 Å². The Kier molecular flexibility index (Phi) is 9.23. The second-order valence-corrected chi connectivity index (χ2v) is 9.38. The van der Waals surface area contributed by atoms with Crippen LogP contribution in [0.4, 0.5) is 24.5 Å². The van der Waals surface area contributed by atoms with Crippen molar-refractivity contribution in [1.82, 2.24) is 0 Å². The van der Waals surface area contributed by atoms with E-state index < -0.39 is 22.9 Å². The van der Waals surface area contributed by atoms with Crippen molar-refractivity contribution in [2.45, 2.75) is 42.5 Å². The molecule has 0 radical (unpaired) electrons. The number of amides is 2. The van der Waals surface area contributed by atoms with Crippen LogP contribution in [-0.2, 0) is 15.8 Å². The van der Waals surface area contributed by atoms with Crippen LogP contribution < -0.4 is 10.6 Å². The maximum Gasteiger partial charge on any atom is 0.418 e. The Hall–Kier alpha value is -2.97. The molecule has 1 unspecified atom stereocenters. The second-order valence-electron chi connectivity index (χ2n) is 7.76. The topological polar surface area (TPSA) is 58.2 Å². The standard InChI is InChI=1S/C26H24ClF3N2O2S/c1-2-3-9-23(33)31-19-11-13-20(14-12-19)35-24(17-7-5-4-6-8-17)25(34)32-22-15-10-18(27)16-21(22)26(28,29)30/h4-8,10-16,24H,2-3,9H2,1H3,(H,31,33)(H,32,34). The molecule has 2 N–H and O–H groups in total. The summed E-state index contributed by atoms with van der Waals surface area (Å²) >= 11 is 6.95. The lowest BCUT2D eigenvalue weighted by atomic mass is 10.1. The van der Waals surface area contributed by atoms with Crippen molar-refractivity contribution in [3.8, 4) is 0 Å². The molecule has 3 rings (SSSR count). The highest BCUT2D eigenvalue weighted by Crippen LogP contribution is 2.40. The number of halogens is 4. The van der Waals surface area contributed by atoms with E-state index in [4.69, 9.17) is 11.6 Å². The average Bonchev–Trinajstić information content (AvgIpc) is 2.83. The van der Waals surface area contributed by atoms with Crippen LogP contribution in [0.1, 0.15) is 42.6 Å². The summed E-state index contributed by atoms with van der Waals surface area (Å²) in [4.78, 5) is 25.9. The van der Waals surface area contributed by atoms with E-state index in [2.05, 4.69) is 10.6 Å². The highest BCUT2D eigenvalue weighted by molar-refractivity contribution is 8.00. The minimum Gasteiger partial charge on any atom is -0.326 e. The lowest BCUT2D eigenvalue weighted by Crippen LogP contribution is -2.21. The summed E-state index contributed by atoms with van der Waals surface area (Å²) in [5, 5.41) is 4.35. The lowest BCUT2D eigenvalue weighted by Gasteiger charge is -2.19. The highest BCUT2D eigenvalue weighted by Gasteiger charge is 2.35. The minimum absolute atomic E-state index is 0.0720. The van der Waals surface area contributed by atoms with Gasteiger partial charge in [0.05, 0.1) is 11.3 Å². The largest absolute Gasteiger partial charge is 0.418 e. The molecule has 2 amide bonds. The molecular weight excluding hydrogens is 497 g/mol. The molecule has 0 aliphatic rings. The zero-order valence-corrected chi connectivity index (χ0v) is 20.4. The van der Waals surface area contributed by atoms with E-state index >= 15 is 0 Å². The molecule has 0 saturated carbocycles. The average molecular weight is 521 g/mol. The number of carbonyl (C=O) groups excluding carboxylic acids is 2. The monoisotopic (exact) mass is 520 g/mol. The van der Waals surface area contributed by atoms with Crippen LogP contribution in [0.25, 0.3) is 0 Å². The molecule has 35 heavy (non-hydrogen) atoms. The van der Waals surface area contributed by atoms with Gasteiger partial charge in [0.15, 0.2) is 0 Å².